The molecule has 2 heterocycles. The number of ketones is 1. The highest BCUT2D eigenvalue weighted by Gasteiger charge is 2.18. The summed E-state index contributed by atoms with van der Waals surface area (Å²) in [7, 11) is 0. The van der Waals surface area contributed by atoms with E-state index >= 15 is 0 Å². The molecule has 1 aliphatic heterocycles. The molecule has 0 saturated carbocycles. The number of piperazine rings is 1. The van der Waals surface area contributed by atoms with Crippen molar-refractivity contribution in [3.63, 3.8) is 0 Å². The zero-order valence-electron chi connectivity index (χ0n) is 16.6. The molecule has 0 atom stereocenters. The fourth-order valence-corrected chi connectivity index (χ4v) is 3.48. The maximum atomic E-state index is 11.4. The molecule has 1 N–H and O–H groups in total. The van der Waals surface area contributed by atoms with Crippen molar-refractivity contribution in [2.45, 2.75) is 13.5 Å². The van der Waals surface area contributed by atoms with Crippen molar-refractivity contribution < 1.29 is 4.79 Å². The average molecular weight is 387 g/mol. The van der Waals surface area contributed by atoms with E-state index in [0.29, 0.717) is 11.5 Å². The molecule has 4 rings (SSSR count). The molecular weight excluding hydrogens is 362 g/mol. The summed E-state index contributed by atoms with van der Waals surface area (Å²) < 4.78 is 0. The van der Waals surface area contributed by atoms with Crippen molar-refractivity contribution in [2.75, 3.05) is 36.4 Å². The van der Waals surface area contributed by atoms with Gasteiger partial charge in [0.1, 0.15) is 5.82 Å². The molecule has 6 heteroatoms. The quantitative estimate of drug-likeness (QED) is 0.650. The molecule has 0 radical (unpaired) electrons. The number of Topliss-reactive ketones (excluding diaryl/α,β-unsaturated/α-hetero) is 1. The minimum Gasteiger partial charge on any atom is -0.354 e. The Kier molecular flexibility index (Phi) is 5.81. The van der Waals surface area contributed by atoms with Crippen LogP contribution in [-0.2, 0) is 6.54 Å². The van der Waals surface area contributed by atoms with E-state index in [1.165, 1.54) is 5.56 Å². The summed E-state index contributed by atoms with van der Waals surface area (Å²) in [5, 5.41) is 3.22. The SMILES string of the molecule is CC(=O)c1ccc(Nc2nccc(N3CCN(Cc4ccccc4)CC3)n2)cc1. The first-order chi connectivity index (χ1) is 14.2. The highest BCUT2D eigenvalue weighted by Crippen LogP contribution is 2.19. The van der Waals surface area contributed by atoms with Gasteiger partial charge in [0.2, 0.25) is 5.95 Å². The number of nitrogens with zero attached hydrogens (tertiary/aromatic N) is 4. The minimum atomic E-state index is 0.0567. The third-order valence-electron chi connectivity index (χ3n) is 5.13. The first-order valence-corrected chi connectivity index (χ1v) is 9.90. The number of rotatable bonds is 6. The smallest absolute Gasteiger partial charge is 0.229 e. The van der Waals surface area contributed by atoms with Gasteiger partial charge in [-0.1, -0.05) is 30.3 Å². The highest BCUT2D eigenvalue weighted by molar-refractivity contribution is 5.94. The summed E-state index contributed by atoms with van der Waals surface area (Å²) >= 11 is 0. The van der Waals surface area contributed by atoms with Crippen molar-refractivity contribution in [2.24, 2.45) is 0 Å². The zero-order chi connectivity index (χ0) is 20.1. The molecule has 148 valence electrons. The predicted octanol–water partition coefficient (Wildman–Crippen LogP) is 3.75. The molecule has 1 saturated heterocycles. The Morgan fingerprint density at radius 3 is 2.38 bits per heavy atom. The number of aromatic nitrogens is 2. The molecule has 0 unspecified atom stereocenters. The Morgan fingerprint density at radius 1 is 0.966 bits per heavy atom. The van der Waals surface area contributed by atoms with Crippen molar-refractivity contribution in [3.8, 4) is 0 Å². The van der Waals surface area contributed by atoms with Gasteiger partial charge in [-0.15, -0.1) is 0 Å². The van der Waals surface area contributed by atoms with Gasteiger partial charge in [-0.3, -0.25) is 9.69 Å². The van der Waals surface area contributed by atoms with Crippen LogP contribution < -0.4 is 10.2 Å². The van der Waals surface area contributed by atoms with E-state index in [1.54, 1.807) is 25.3 Å². The van der Waals surface area contributed by atoms with Gasteiger partial charge in [-0.25, -0.2) is 4.98 Å². The van der Waals surface area contributed by atoms with Gasteiger partial charge >= 0.3 is 0 Å². The maximum absolute atomic E-state index is 11.4. The molecule has 2 aromatic carbocycles. The zero-order valence-corrected chi connectivity index (χ0v) is 16.6. The Bertz CT molecular complexity index is 951. The molecular formula is C23H25N5O. The van der Waals surface area contributed by atoms with Crippen LogP contribution in [0.4, 0.5) is 17.5 Å². The minimum absolute atomic E-state index is 0.0567. The van der Waals surface area contributed by atoms with Crippen LogP contribution in [0.3, 0.4) is 0 Å². The molecule has 0 spiro atoms. The summed E-state index contributed by atoms with van der Waals surface area (Å²) in [5.74, 6) is 1.55. The van der Waals surface area contributed by atoms with Crippen molar-refractivity contribution >= 4 is 23.2 Å². The van der Waals surface area contributed by atoms with Gasteiger partial charge in [-0.2, -0.15) is 4.98 Å². The van der Waals surface area contributed by atoms with Gasteiger partial charge < -0.3 is 10.2 Å². The number of hydrogen-bond donors (Lipinski definition) is 1. The van der Waals surface area contributed by atoms with Crippen LogP contribution in [0.1, 0.15) is 22.8 Å². The van der Waals surface area contributed by atoms with E-state index < -0.39 is 0 Å². The lowest BCUT2D eigenvalue weighted by molar-refractivity contribution is 0.101. The second-order valence-electron chi connectivity index (χ2n) is 7.25. The van der Waals surface area contributed by atoms with Crippen LogP contribution in [0, 0.1) is 0 Å². The summed E-state index contributed by atoms with van der Waals surface area (Å²) in [6, 6.07) is 19.9. The van der Waals surface area contributed by atoms with Gasteiger partial charge in [-0.05, 0) is 42.8 Å². The molecule has 29 heavy (non-hydrogen) atoms. The Morgan fingerprint density at radius 2 is 1.69 bits per heavy atom. The first-order valence-electron chi connectivity index (χ1n) is 9.90. The summed E-state index contributed by atoms with van der Waals surface area (Å²) in [4.78, 5) is 25.2. The Hall–Kier alpha value is -3.25. The molecule has 1 fully saturated rings. The lowest BCUT2D eigenvalue weighted by atomic mass is 10.1. The van der Waals surface area contributed by atoms with Crippen molar-refractivity contribution in [1.82, 2.24) is 14.9 Å². The van der Waals surface area contributed by atoms with Crippen LogP contribution in [0.5, 0.6) is 0 Å². The maximum Gasteiger partial charge on any atom is 0.229 e. The second kappa shape index (κ2) is 8.84. The third-order valence-corrected chi connectivity index (χ3v) is 5.13. The molecule has 1 aliphatic rings. The molecule has 0 amide bonds. The summed E-state index contributed by atoms with van der Waals surface area (Å²) in [5.41, 5.74) is 2.91. The molecule has 6 nitrogen and oxygen atoms in total. The van der Waals surface area contributed by atoms with E-state index in [2.05, 4.69) is 55.4 Å². The van der Waals surface area contributed by atoms with Crippen LogP contribution >= 0.6 is 0 Å². The average Bonchev–Trinajstić information content (AvgIpc) is 2.76. The van der Waals surface area contributed by atoms with E-state index in [9.17, 15) is 4.79 Å². The monoisotopic (exact) mass is 387 g/mol. The molecule has 1 aromatic heterocycles. The number of carbonyl (C=O) groups is 1. The predicted molar refractivity (Wildman–Crippen MR) is 116 cm³/mol. The Balaban J connectivity index is 1.36. The largest absolute Gasteiger partial charge is 0.354 e. The van der Waals surface area contributed by atoms with E-state index in [0.717, 1.165) is 44.2 Å². The lowest BCUT2D eigenvalue weighted by Gasteiger charge is -2.35. The van der Waals surface area contributed by atoms with Crippen molar-refractivity contribution in [1.29, 1.82) is 0 Å². The van der Waals surface area contributed by atoms with Crippen LogP contribution in [-0.4, -0.2) is 46.8 Å². The van der Waals surface area contributed by atoms with E-state index in [-0.39, 0.29) is 5.78 Å². The fraction of sp³-hybridized carbons (Fsp3) is 0.261. The number of benzene rings is 2. The van der Waals surface area contributed by atoms with Gasteiger partial charge in [0, 0.05) is 50.2 Å². The topological polar surface area (TPSA) is 61.4 Å². The van der Waals surface area contributed by atoms with E-state index in [1.807, 2.05) is 18.2 Å². The van der Waals surface area contributed by atoms with Crippen LogP contribution in [0.2, 0.25) is 0 Å². The number of hydrogen-bond acceptors (Lipinski definition) is 6. The fourth-order valence-electron chi connectivity index (χ4n) is 3.48. The lowest BCUT2D eigenvalue weighted by Crippen LogP contribution is -2.46. The van der Waals surface area contributed by atoms with Crippen molar-refractivity contribution in [3.05, 3.63) is 78.0 Å². The summed E-state index contributed by atoms with van der Waals surface area (Å²) in [6.07, 6.45) is 1.78. The standard InChI is InChI=1S/C23H25N5O/c1-18(29)20-7-9-21(10-8-20)25-23-24-12-11-22(26-23)28-15-13-27(14-16-28)17-19-5-3-2-4-6-19/h2-12H,13-17H2,1H3,(H,24,25,26). The van der Waals surface area contributed by atoms with Crippen LogP contribution in [0.25, 0.3) is 0 Å². The van der Waals surface area contributed by atoms with Gasteiger partial charge in [0.15, 0.2) is 5.78 Å². The van der Waals surface area contributed by atoms with Crippen LogP contribution in [0.15, 0.2) is 66.9 Å². The number of nitrogens with one attached hydrogen (secondary N) is 1. The van der Waals surface area contributed by atoms with E-state index in [4.69, 9.17) is 0 Å². The molecule has 3 aromatic rings. The highest BCUT2D eigenvalue weighted by atomic mass is 16.1. The molecule has 0 aliphatic carbocycles. The number of carbonyl (C=O) groups excluding carboxylic acids is 1. The normalized spacial score (nSPS) is 14.6. The second-order valence-corrected chi connectivity index (χ2v) is 7.25. The number of anilines is 3. The van der Waals surface area contributed by atoms with Gasteiger partial charge in [0.05, 0.1) is 0 Å². The molecule has 0 bridgehead atoms. The first kappa shape index (κ1) is 19.1. The Labute approximate surface area is 171 Å². The summed E-state index contributed by atoms with van der Waals surface area (Å²) in [6.45, 7) is 6.45. The third kappa shape index (κ3) is 4.97. The van der Waals surface area contributed by atoms with Gasteiger partial charge in [0.25, 0.3) is 0 Å².